The first kappa shape index (κ1) is 15.1. The third-order valence-corrected chi connectivity index (χ3v) is 3.42. The lowest BCUT2D eigenvalue weighted by Crippen LogP contribution is -1.99. The standard InChI is InChI=1S/C14H12NO5P/c1-10-14(17)13(8-16)11(7-15-10)9-19-21(18)20-12-5-3-2-4-6-12/h2-8H,9H2,1H3/p+1. The van der Waals surface area contributed by atoms with Crippen LogP contribution in [-0.2, 0) is 15.7 Å². The average molecular weight is 306 g/mol. The van der Waals surface area contributed by atoms with Gasteiger partial charge in [0.25, 0.3) is 0 Å². The first-order chi connectivity index (χ1) is 10.1. The monoisotopic (exact) mass is 306 g/mol. The molecule has 7 heteroatoms. The molecule has 6 nitrogen and oxygen atoms in total. The van der Waals surface area contributed by atoms with Crippen molar-refractivity contribution in [3.63, 3.8) is 0 Å². The van der Waals surface area contributed by atoms with Gasteiger partial charge in [-0.2, -0.15) is 0 Å². The van der Waals surface area contributed by atoms with Crippen LogP contribution in [0.4, 0.5) is 0 Å². The molecule has 2 aromatic rings. The van der Waals surface area contributed by atoms with Gasteiger partial charge in [-0.15, -0.1) is 4.52 Å². The number of rotatable bonds is 6. The molecule has 0 radical (unpaired) electrons. The van der Waals surface area contributed by atoms with Gasteiger partial charge in [-0.1, -0.05) is 18.2 Å². The molecule has 2 rings (SSSR count). The van der Waals surface area contributed by atoms with Crippen molar-refractivity contribution in [2.75, 3.05) is 0 Å². The van der Waals surface area contributed by atoms with Crippen molar-refractivity contribution in [3.8, 4) is 11.5 Å². The fraction of sp³-hybridized carbons (Fsp3) is 0.143. The molecule has 1 aromatic heterocycles. The van der Waals surface area contributed by atoms with Gasteiger partial charge in [0.1, 0.15) is 12.4 Å². The lowest BCUT2D eigenvalue weighted by atomic mass is 10.1. The lowest BCUT2D eigenvalue weighted by Gasteiger charge is -2.05. The number of nitrogens with zero attached hydrogens (tertiary/aromatic N) is 1. The highest BCUT2D eigenvalue weighted by Gasteiger charge is 2.23. The molecule has 1 heterocycles. The minimum Gasteiger partial charge on any atom is -0.505 e. The van der Waals surface area contributed by atoms with E-state index >= 15 is 0 Å². The lowest BCUT2D eigenvalue weighted by molar-refractivity contribution is 0.111. The van der Waals surface area contributed by atoms with E-state index in [4.69, 9.17) is 9.05 Å². The fourth-order valence-corrected chi connectivity index (χ4v) is 2.21. The van der Waals surface area contributed by atoms with E-state index in [1.54, 1.807) is 37.3 Å². The van der Waals surface area contributed by atoms with Crippen LogP contribution in [0.5, 0.6) is 11.5 Å². The summed E-state index contributed by atoms with van der Waals surface area (Å²) in [4.78, 5) is 14.9. The minimum absolute atomic E-state index is 0.0746. The summed E-state index contributed by atoms with van der Waals surface area (Å²) < 4.78 is 21.8. The number of aromatic nitrogens is 1. The summed E-state index contributed by atoms with van der Waals surface area (Å²) in [6.45, 7) is 1.42. The largest absolute Gasteiger partial charge is 0.750 e. The van der Waals surface area contributed by atoms with Crippen LogP contribution >= 0.6 is 8.25 Å². The molecule has 108 valence electrons. The van der Waals surface area contributed by atoms with Gasteiger partial charge in [0, 0.05) is 16.3 Å². The SMILES string of the molecule is Cc1ncc(CO[P+](=O)Oc2ccccc2)c(C=O)c1O. The Labute approximate surface area is 122 Å². The molecule has 0 saturated heterocycles. The zero-order valence-electron chi connectivity index (χ0n) is 11.2. The molecule has 0 amide bonds. The smallest absolute Gasteiger partial charge is 0.505 e. The molecular formula is C14H13NO5P+. The Morgan fingerprint density at radius 2 is 2.05 bits per heavy atom. The van der Waals surface area contributed by atoms with E-state index in [2.05, 4.69) is 4.98 Å². The maximum Gasteiger partial charge on any atom is 0.750 e. The molecule has 0 aliphatic heterocycles. The summed E-state index contributed by atoms with van der Waals surface area (Å²) >= 11 is 0. The highest BCUT2D eigenvalue weighted by Crippen LogP contribution is 2.30. The quantitative estimate of drug-likeness (QED) is 0.651. The van der Waals surface area contributed by atoms with Gasteiger partial charge in [0.05, 0.1) is 11.3 Å². The predicted octanol–water partition coefficient (Wildman–Crippen LogP) is 3.16. The second-order valence-electron chi connectivity index (χ2n) is 4.15. The van der Waals surface area contributed by atoms with Crippen molar-refractivity contribution in [2.24, 2.45) is 0 Å². The Morgan fingerprint density at radius 3 is 2.71 bits per heavy atom. The molecule has 1 atom stereocenters. The van der Waals surface area contributed by atoms with Crippen LogP contribution < -0.4 is 4.52 Å². The van der Waals surface area contributed by atoms with Crippen LogP contribution in [0.1, 0.15) is 21.6 Å². The van der Waals surface area contributed by atoms with E-state index in [1.807, 2.05) is 0 Å². The molecule has 0 aliphatic rings. The Kier molecular flexibility index (Phi) is 4.98. The number of hydrogen-bond donors (Lipinski definition) is 1. The summed E-state index contributed by atoms with van der Waals surface area (Å²) in [7, 11) is -2.39. The van der Waals surface area contributed by atoms with E-state index in [9.17, 15) is 14.5 Å². The van der Waals surface area contributed by atoms with Crippen LogP contribution in [0.15, 0.2) is 36.5 Å². The zero-order chi connectivity index (χ0) is 15.2. The summed E-state index contributed by atoms with van der Waals surface area (Å²) in [5, 5.41) is 9.73. The van der Waals surface area contributed by atoms with E-state index in [1.165, 1.54) is 6.20 Å². The van der Waals surface area contributed by atoms with Gasteiger partial charge in [-0.3, -0.25) is 9.78 Å². The van der Waals surface area contributed by atoms with Crippen LogP contribution in [0.25, 0.3) is 0 Å². The van der Waals surface area contributed by atoms with Crippen molar-refractivity contribution in [2.45, 2.75) is 13.5 Å². The topological polar surface area (TPSA) is 85.7 Å². The molecule has 0 aliphatic carbocycles. The van der Waals surface area contributed by atoms with Crippen LogP contribution in [-0.4, -0.2) is 16.4 Å². The fourth-order valence-electron chi connectivity index (χ4n) is 1.61. The first-order valence-corrected chi connectivity index (χ1v) is 7.17. The number of pyridine rings is 1. The number of aryl methyl sites for hydroxylation is 1. The number of carbonyl (C=O) groups is 1. The zero-order valence-corrected chi connectivity index (χ0v) is 12.1. The summed E-state index contributed by atoms with van der Waals surface area (Å²) in [6, 6.07) is 8.58. The number of benzene rings is 1. The van der Waals surface area contributed by atoms with Crippen LogP contribution in [0.2, 0.25) is 0 Å². The maximum absolute atomic E-state index is 11.7. The Balaban J connectivity index is 2.02. The van der Waals surface area contributed by atoms with Crippen molar-refractivity contribution >= 4 is 14.5 Å². The van der Waals surface area contributed by atoms with Gasteiger partial charge in [-0.25, -0.2) is 4.52 Å². The Bertz CT molecular complexity index is 660. The molecule has 0 bridgehead atoms. The number of para-hydroxylation sites is 1. The third-order valence-electron chi connectivity index (χ3n) is 2.72. The van der Waals surface area contributed by atoms with Crippen molar-refractivity contribution in [1.29, 1.82) is 0 Å². The van der Waals surface area contributed by atoms with Gasteiger partial charge in [0.15, 0.2) is 12.0 Å². The van der Waals surface area contributed by atoms with Crippen molar-refractivity contribution in [1.82, 2.24) is 4.98 Å². The second kappa shape index (κ2) is 6.92. The molecular weight excluding hydrogens is 293 g/mol. The molecule has 1 aromatic carbocycles. The van der Waals surface area contributed by atoms with E-state index < -0.39 is 8.25 Å². The molecule has 1 unspecified atom stereocenters. The van der Waals surface area contributed by atoms with Gasteiger partial charge in [0.2, 0.25) is 0 Å². The molecule has 0 spiro atoms. The molecule has 21 heavy (non-hydrogen) atoms. The highest BCUT2D eigenvalue weighted by molar-refractivity contribution is 7.33. The van der Waals surface area contributed by atoms with Gasteiger partial charge in [-0.05, 0) is 19.1 Å². The first-order valence-electron chi connectivity index (χ1n) is 6.07. The number of hydrogen-bond acceptors (Lipinski definition) is 6. The predicted molar refractivity (Wildman–Crippen MR) is 75.5 cm³/mol. The highest BCUT2D eigenvalue weighted by atomic mass is 31.1. The number of carbonyl (C=O) groups excluding carboxylic acids is 1. The third kappa shape index (κ3) is 3.84. The van der Waals surface area contributed by atoms with E-state index in [-0.39, 0.29) is 17.9 Å². The summed E-state index contributed by atoms with van der Waals surface area (Å²) in [5.41, 5.74) is 0.754. The van der Waals surface area contributed by atoms with E-state index in [0.717, 1.165) is 0 Å². The van der Waals surface area contributed by atoms with E-state index in [0.29, 0.717) is 23.3 Å². The molecule has 1 N–H and O–H groups in total. The van der Waals surface area contributed by atoms with Crippen LogP contribution in [0.3, 0.4) is 0 Å². The second-order valence-corrected chi connectivity index (χ2v) is 5.04. The Hall–Kier alpha value is -2.30. The summed E-state index contributed by atoms with van der Waals surface area (Å²) in [6.07, 6.45) is 1.90. The van der Waals surface area contributed by atoms with Gasteiger partial charge < -0.3 is 5.11 Å². The molecule has 0 saturated carbocycles. The van der Waals surface area contributed by atoms with Crippen molar-refractivity contribution < 1.29 is 23.5 Å². The minimum atomic E-state index is -2.39. The number of aldehydes is 1. The average Bonchev–Trinajstić information content (AvgIpc) is 2.49. The molecule has 0 fully saturated rings. The number of aromatic hydroxyl groups is 1. The van der Waals surface area contributed by atoms with Crippen LogP contribution in [0, 0.1) is 6.92 Å². The summed E-state index contributed by atoms with van der Waals surface area (Å²) in [5.74, 6) is 0.212. The maximum atomic E-state index is 11.7. The Morgan fingerprint density at radius 1 is 1.33 bits per heavy atom. The normalized spacial score (nSPS) is 11.0. The van der Waals surface area contributed by atoms with Gasteiger partial charge >= 0.3 is 8.25 Å². The van der Waals surface area contributed by atoms with Crippen molar-refractivity contribution in [3.05, 3.63) is 53.3 Å².